The van der Waals surface area contributed by atoms with E-state index in [4.69, 9.17) is 4.74 Å². The molecular weight excluding hydrogens is 426 g/mol. The van der Waals surface area contributed by atoms with E-state index in [-0.39, 0.29) is 4.90 Å². The Kier molecular flexibility index (Phi) is 7.25. The Labute approximate surface area is 191 Å². The molecule has 32 heavy (non-hydrogen) atoms. The van der Waals surface area contributed by atoms with Gasteiger partial charge >= 0.3 is 6.09 Å². The second-order valence-electron chi connectivity index (χ2n) is 9.14. The Morgan fingerprint density at radius 3 is 2.53 bits per heavy atom. The number of amides is 1. The van der Waals surface area contributed by atoms with Crippen molar-refractivity contribution in [1.82, 2.24) is 9.29 Å². The van der Waals surface area contributed by atoms with Crippen LogP contribution in [0, 0.1) is 6.92 Å². The molecule has 0 saturated carbocycles. The van der Waals surface area contributed by atoms with Crippen molar-refractivity contribution in [2.24, 2.45) is 0 Å². The SMILES string of the molecule is CCCN(C(=O)OC(C)(C)C)c1ncccc1[C@@H]1CCCN1S(=O)(=O)c1ccc(C)cc1. The van der Waals surface area contributed by atoms with Crippen LogP contribution < -0.4 is 4.90 Å². The first-order valence-electron chi connectivity index (χ1n) is 11.1. The molecule has 0 radical (unpaired) electrons. The summed E-state index contributed by atoms with van der Waals surface area (Å²) in [6, 6.07) is 10.2. The van der Waals surface area contributed by atoms with Crippen molar-refractivity contribution in [3.05, 3.63) is 53.7 Å². The number of ether oxygens (including phenoxy) is 1. The van der Waals surface area contributed by atoms with E-state index in [0.29, 0.717) is 31.7 Å². The average molecular weight is 460 g/mol. The highest BCUT2D eigenvalue weighted by molar-refractivity contribution is 7.89. The third kappa shape index (κ3) is 5.30. The van der Waals surface area contributed by atoms with E-state index in [1.54, 1.807) is 36.5 Å². The molecular formula is C24H33N3O4S. The van der Waals surface area contributed by atoms with E-state index >= 15 is 0 Å². The fourth-order valence-electron chi connectivity index (χ4n) is 3.90. The molecule has 1 aromatic heterocycles. The van der Waals surface area contributed by atoms with Crippen LogP contribution in [0.25, 0.3) is 0 Å². The van der Waals surface area contributed by atoms with Crippen molar-refractivity contribution in [1.29, 1.82) is 0 Å². The highest BCUT2D eigenvalue weighted by Crippen LogP contribution is 2.40. The lowest BCUT2D eigenvalue weighted by molar-refractivity contribution is 0.0578. The quantitative estimate of drug-likeness (QED) is 0.603. The molecule has 1 atom stereocenters. The number of nitrogens with zero attached hydrogens (tertiary/aromatic N) is 3. The molecule has 1 fully saturated rings. The van der Waals surface area contributed by atoms with Crippen molar-refractivity contribution in [2.75, 3.05) is 18.0 Å². The van der Waals surface area contributed by atoms with Crippen molar-refractivity contribution in [3.63, 3.8) is 0 Å². The van der Waals surface area contributed by atoms with Crippen LogP contribution in [-0.4, -0.2) is 42.5 Å². The van der Waals surface area contributed by atoms with Gasteiger partial charge in [0.1, 0.15) is 11.4 Å². The number of sulfonamides is 1. The van der Waals surface area contributed by atoms with Gasteiger partial charge in [0.2, 0.25) is 10.0 Å². The van der Waals surface area contributed by atoms with Gasteiger partial charge in [-0.3, -0.25) is 4.90 Å². The van der Waals surface area contributed by atoms with Crippen LogP contribution in [0.15, 0.2) is 47.5 Å². The summed E-state index contributed by atoms with van der Waals surface area (Å²) in [5, 5.41) is 0. The van der Waals surface area contributed by atoms with Gasteiger partial charge < -0.3 is 4.74 Å². The minimum atomic E-state index is -3.69. The largest absolute Gasteiger partial charge is 0.443 e. The smallest absolute Gasteiger partial charge is 0.416 e. The summed E-state index contributed by atoms with van der Waals surface area (Å²) < 4.78 is 34.1. The molecule has 2 aromatic rings. The number of hydrogen-bond donors (Lipinski definition) is 0. The van der Waals surface area contributed by atoms with Crippen LogP contribution >= 0.6 is 0 Å². The summed E-state index contributed by atoms with van der Waals surface area (Å²) in [5.41, 5.74) is 1.08. The van der Waals surface area contributed by atoms with Gasteiger partial charge in [0.15, 0.2) is 0 Å². The molecule has 0 unspecified atom stereocenters. The summed E-state index contributed by atoms with van der Waals surface area (Å²) in [6.07, 6.45) is 3.26. The highest BCUT2D eigenvalue weighted by atomic mass is 32.2. The molecule has 0 N–H and O–H groups in total. The lowest BCUT2D eigenvalue weighted by Gasteiger charge is -2.30. The van der Waals surface area contributed by atoms with E-state index in [1.165, 1.54) is 9.21 Å². The molecule has 1 aliphatic heterocycles. The molecule has 0 aliphatic carbocycles. The maximum absolute atomic E-state index is 13.5. The number of carbonyl (C=O) groups excluding carboxylic acids is 1. The number of pyridine rings is 1. The second-order valence-corrected chi connectivity index (χ2v) is 11.0. The van der Waals surface area contributed by atoms with Crippen molar-refractivity contribution in [3.8, 4) is 0 Å². The van der Waals surface area contributed by atoms with E-state index in [1.807, 2.05) is 40.7 Å². The molecule has 7 nitrogen and oxygen atoms in total. The number of rotatable bonds is 6. The van der Waals surface area contributed by atoms with Gasteiger partial charge in [0.25, 0.3) is 0 Å². The highest BCUT2D eigenvalue weighted by Gasteiger charge is 2.39. The van der Waals surface area contributed by atoms with Crippen molar-refractivity contribution in [2.45, 2.75) is 70.4 Å². The van der Waals surface area contributed by atoms with Crippen LogP contribution in [0.1, 0.15) is 64.1 Å². The number of carbonyl (C=O) groups is 1. The van der Waals surface area contributed by atoms with Gasteiger partial charge in [0.05, 0.1) is 10.9 Å². The fraction of sp³-hybridized carbons (Fsp3) is 0.500. The van der Waals surface area contributed by atoms with Gasteiger partial charge in [0, 0.05) is 24.8 Å². The molecule has 1 amide bonds. The standard InChI is InChI=1S/C24H33N3O4S/c1-6-16-26(23(28)31-24(3,4)5)22-20(9-7-15-25-22)21-10-8-17-27(21)32(29,30)19-13-11-18(2)12-14-19/h7,9,11-15,21H,6,8,10,16-17H2,1-5H3/t21-/m0/s1. The van der Waals surface area contributed by atoms with E-state index in [9.17, 15) is 13.2 Å². The lowest BCUT2D eigenvalue weighted by Crippen LogP contribution is -2.39. The molecule has 8 heteroatoms. The summed E-state index contributed by atoms with van der Waals surface area (Å²) >= 11 is 0. The van der Waals surface area contributed by atoms with Crippen molar-refractivity contribution >= 4 is 21.9 Å². The Balaban J connectivity index is 2.00. The predicted molar refractivity (Wildman–Crippen MR) is 125 cm³/mol. The fourth-order valence-corrected chi connectivity index (χ4v) is 5.58. The summed E-state index contributed by atoms with van der Waals surface area (Å²) in [7, 11) is -3.69. The first-order valence-corrected chi connectivity index (χ1v) is 12.5. The molecule has 0 bridgehead atoms. The minimum Gasteiger partial charge on any atom is -0.443 e. The second kappa shape index (κ2) is 9.58. The zero-order valence-corrected chi connectivity index (χ0v) is 20.4. The number of aromatic nitrogens is 1. The Morgan fingerprint density at radius 2 is 1.91 bits per heavy atom. The Bertz CT molecular complexity index is 1050. The van der Waals surface area contributed by atoms with E-state index in [0.717, 1.165) is 17.5 Å². The topological polar surface area (TPSA) is 79.8 Å². The Hall–Kier alpha value is -2.45. The van der Waals surface area contributed by atoms with Gasteiger partial charge in [-0.15, -0.1) is 0 Å². The van der Waals surface area contributed by atoms with E-state index in [2.05, 4.69) is 4.98 Å². The molecule has 0 spiro atoms. The van der Waals surface area contributed by atoms with Crippen LogP contribution in [0.2, 0.25) is 0 Å². The zero-order chi connectivity index (χ0) is 23.5. The maximum atomic E-state index is 13.5. The van der Waals surface area contributed by atoms with Gasteiger partial charge in [-0.1, -0.05) is 30.7 Å². The number of aryl methyl sites for hydroxylation is 1. The summed E-state index contributed by atoms with van der Waals surface area (Å²) in [5.74, 6) is 0.458. The number of anilines is 1. The number of benzene rings is 1. The van der Waals surface area contributed by atoms with Crippen LogP contribution in [-0.2, 0) is 14.8 Å². The van der Waals surface area contributed by atoms with Crippen molar-refractivity contribution < 1.29 is 17.9 Å². The third-order valence-electron chi connectivity index (χ3n) is 5.32. The lowest BCUT2D eigenvalue weighted by atomic mass is 10.1. The normalized spacial score (nSPS) is 17.3. The molecule has 1 aromatic carbocycles. The monoisotopic (exact) mass is 459 g/mol. The van der Waals surface area contributed by atoms with Gasteiger partial charge in [-0.2, -0.15) is 4.31 Å². The molecule has 1 saturated heterocycles. The van der Waals surface area contributed by atoms with Crippen LogP contribution in [0.5, 0.6) is 0 Å². The molecule has 174 valence electrons. The zero-order valence-electron chi connectivity index (χ0n) is 19.5. The average Bonchev–Trinajstić information content (AvgIpc) is 3.22. The summed E-state index contributed by atoms with van der Waals surface area (Å²) in [6.45, 7) is 10.2. The summed E-state index contributed by atoms with van der Waals surface area (Å²) in [4.78, 5) is 19.3. The molecule has 2 heterocycles. The number of hydrogen-bond acceptors (Lipinski definition) is 5. The molecule has 3 rings (SSSR count). The predicted octanol–water partition coefficient (Wildman–Crippen LogP) is 5.07. The molecule has 1 aliphatic rings. The van der Waals surface area contributed by atoms with Gasteiger partial charge in [-0.05, 0) is 65.2 Å². The van der Waals surface area contributed by atoms with Crippen LogP contribution in [0.4, 0.5) is 10.6 Å². The van der Waals surface area contributed by atoms with Gasteiger partial charge in [-0.25, -0.2) is 18.2 Å². The first kappa shape index (κ1) is 24.2. The van der Waals surface area contributed by atoms with Crippen LogP contribution in [0.3, 0.4) is 0 Å². The minimum absolute atomic E-state index is 0.276. The Morgan fingerprint density at radius 1 is 1.22 bits per heavy atom. The third-order valence-corrected chi connectivity index (χ3v) is 7.25. The van der Waals surface area contributed by atoms with E-state index < -0.39 is 27.8 Å². The maximum Gasteiger partial charge on any atom is 0.416 e. The first-order chi connectivity index (χ1) is 15.0.